The van der Waals surface area contributed by atoms with Gasteiger partial charge in [-0.05, 0) is 24.3 Å². The third-order valence-electron chi connectivity index (χ3n) is 2.84. The molecule has 98 valence electrons. The molecule has 1 aliphatic heterocycles. The molecule has 1 aromatic heterocycles. The number of furan rings is 1. The van der Waals surface area contributed by atoms with Crippen molar-refractivity contribution in [3.63, 3.8) is 0 Å². The van der Waals surface area contributed by atoms with Crippen LogP contribution in [0.2, 0.25) is 0 Å². The predicted molar refractivity (Wildman–Crippen MR) is 89.0 cm³/mol. The number of thiocarbonyl (C=S) groups is 1. The fourth-order valence-corrected chi connectivity index (χ4v) is 3.21. The molecule has 2 heterocycles. The quantitative estimate of drug-likeness (QED) is 0.482. The molecular formula is C14H10BNO2S2. The van der Waals surface area contributed by atoms with Gasteiger partial charge >= 0.3 is 0 Å². The van der Waals surface area contributed by atoms with E-state index in [1.807, 2.05) is 50.3 Å². The predicted octanol–water partition coefficient (Wildman–Crippen LogP) is 1.94. The summed E-state index contributed by atoms with van der Waals surface area (Å²) in [7, 11) is 1.87. The first-order valence-electron chi connectivity index (χ1n) is 6.04. The highest BCUT2D eigenvalue weighted by molar-refractivity contribution is 8.27. The zero-order chi connectivity index (χ0) is 14.1. The number of carbonyl (C=O) groups excluding carboxylic acids is 1. The van der Waals surface area contributed by atoms with Gasteiger partial charge in [-0.3, -0.25) is 9.69 Å². The van der Waals surface area contributed by atoms with Gasteiger partial charge in [0.1, 0.15) is 5.76 Å². The third-order valence-corrected chi connectivity index (χ3v) is 4.14. The van der Waals surface area contributed by atoms with Crippen molar-refractivity contribution in [1.82, 2.24) is 0 Å². The molecular weight excluding hydrogens is 289 g/mol. The average molecular weight is 299 g/mol. The Hall–Kier alpha value is -1.79. The van der Waals surface area contributed by atoms with E-state index in [0.29, 0.717) is 15.0 Å². The summed E-state index contributed by atoms with van der Waals surface area (Å²) in [4.78, 5) is 14.6. The molecule has 2 aromatic rings. The number of para-hydroxylation sites is 1. The Balaban J connectivity index is 1.93. The Kier molecular flexibility index (Phi) is 3.50. The van der Waals surface area contributed by atoms with E-state index in [1.165, 1.54) is 11.8 Å². The maximum atomic E-state index is 12.4. The number of carbonyl (C=O) groups is 1. The molecule has 1 aromatic carbocycles. The van der Waals surface area contributed by atoms with Crippen LogP contribution in [0.3, 0.4) is 0 Å². The second-order valence-electron chi connectivity index (χ2n) is 4.30. The minimum atomic E-state index is -0.111. The maximum absolute atomic E-state index is 12.4. The van der Waals surface area contributed by atoms with E-state index in [9.17, 15) is 4.79 Å². The van der Waals surface area contributed by atoms with E-state index in [1.54, 1.807) is 11.0 Å². The zero-order valence-electron chi connectivity index (χ0n) is 10.7. The van der Waals surface area contributed by atoms with Gasteiger partial charge in [0.2, 0.25) is 0 Å². The summed E-state index contributed by atoms with van der Waals surface area (Å²) in [6, 6.07) is 13.1. The van der Waals surface area contributed by atoms with E-state index >= 15 is 0 Å². The van der Waals surface area contributed by atoms with Gasteiger partial charge in [0.05, 0.1) is 16.3 Å². The van der Waals surface area contributed by atoms with Crippen molar-refractivity contribution >= 4 is 59.5 Å². The highest BCUT2D eigenvalue weighted by Gasteiger charge is 2.33. The summed E-state index contributed by atoms with van der Waals surface area (Å²) >= 11 is 6.58. The molecule has 0 spiro atoms. The topological polar surface area (TPSA) is 33.5 Å². The van der Waals surface area contributed by atoms with Crippen LogP contribution in [0.4, 0.5) is 5.69 Å². The lowest BCUT2D eigenvalue weighted by molar-refractivity contribution is -0.113. The lowest BCUT2D eigenvalue weighted by Crippen LogP contribution is -2.27. The van der Waals surface area contributed by atoms with Gasteiger partial charge in [-0.1, -0.05) is 42.2 Å². The maximum Gasteiger partial charge on any atom is 0.270 e. The first-order chi connectivity index (χ1) is 9.65. The normalized spacial score (nSPS) is 17.2. The Morgan fingerprint density at radius 1 is 1.20 bits per heavy atom. The van der Waals surface area contributed by atoms with Gasteiger partial charge in [0, 0.05) is 6.08 Å². The van der Waals surface area contributed by atoms with Crippen LogP contribution in [0.1, 0.15) is 5.76 Å². The smallest absolute Gasteiger partial charge is 0.270 e. The minimum Gasteiger partial charge on any atom is -0.473 e. The summed E-state index contributed by atoms with van der Waals surface area (Å²) in [5.74, 6) is 0.552. The molecule has 0 radical (unpaired) electrons. The van der Waals surface area contributed by atoms with E-state index in [-0.39, 0.29) is 5.91 Å². The van der Waals surface area contributed by atoms with E-state index in [4.69, 9.17) is 16.6 Å². The van der Waals surface area contributed by atoms with Gasteiger partial charge in [-0.15, -0.1) is 0 Å². The molecule has 1 aliphatic rings. The van der Waals surface area contributed by atoms with Crippen molar-refractivity contribution in [3.05, 3.63) is 53.1 Å². The number of anilines is 1. The fraction of sp³-hybridized carbons (Fsp3) is 0. The van der Waals surface area contributed by atoms with Crippen LogP contribution in [0.25, 0.3) is 6.08 Å². The molecule has 3 rings (SSSR count). The number of hydrogen-bond acceptors (Lipinski definition) is 4. The van der Waals surface area contributed by atoms with Crippen molar-refractivity contribution in [1.29, 1.82) is 0 Å². The molecule has 20 heavy (non-hydrogen) atoms. The lowest BCUT2D eigenvalue weighted by atomic mass is 10.1. The Bertz CT molecular complexity index is 709. The van der Waals surface area contributed by atoms with Crippen molar-refractivity contribution < 1.29 is 9.21 Å². The molecule has 3 nitrogen and oxygen atoms in total. The second-order valence-corrected chi connectivity index (χ2v) is 5.98. The molecule has 0 N–H and O–H groups in total. The van der Waals surface area contributed by atoms with Crippen LogP contribution in [0.15, 0.2) is 51.8 Å². The third kappa shape index (κ3) is 2.44. The molecule has 0 bridgehead atoms. The van der Waals surface area contributed by atoms with Crippen LogP contribution < -0.4 is 10.6 Å². The van der Waals surface area contributed by atoms with Gasteiger partial charge in [0.15, 0.2) is 12.2 Å². The van der Waals surface area contributed by atoms with Crippen molar-refractivity contribution in [3.8, 4) is 0 Å². The summed E-state index contributed by atoms with van der Waals surface area (Å²) in [5.41, 5.74) is 1.60. The summed E-state index contributed by atoms with van der Waals surface area (Å²) in [6.07, 6.45) is 1.73. The number of amides is 1. The van der Waals surface area contributed by atoms with Gasteiger partial charge in [-0.2, -0.15) is 0 Å². The first-order valence-corrected chi connectivity index (χ1v) is 7.27. The van der Waals surface area contributed by atoms with Crippen LogP contribution in [0.5, 0.6) is 0 Å². The van der Waals surface area contributed by atoms with Crippen molar-refractivity contribution in [2.24, 2.45) is 0 Å². The van der Waals surface area contributed by atoms with Crippen LogP contribution in [0, 0.1) is 0 Å². The van der Waals surface area contributed by atoms with E-state index < -0.39 is 0 Å². The molecule has 0 aliphatic carbocycles. The van der Waals surface area contributed by atoms with E-state index in [0.717, 1.165) is 11.3 Å². The Morgan fingerprint density at radius 3 is 2.60 bits per heavy atom. The average Bonchev–Trinajstić information content (AvgIpc) is 2.96. The molecule has 0 unspecified atom stereocenters. The van der Waals surface area contributed by atoms with Gasteiger partial charge in [-0.25, -0.2) is 0 Å². The SMILES string of the molecule is Bc1ccc(/C=C2\SC(=S)N(c3ccccc3)C2=O)o1. The highest BCUT2D eigenvalue weighted by Crippen LogP contribution is 2.35. The lowest BCUT2D eigenvalue weighted by Gasteiger charge is -2.13. The number of rotatable bonds is 2. The number of nitrogens with zero attached hydrogens (tertiary/aromatic N) is 1. The second kappa shape index (κ2) is 5.30. The van der Waals surface area contributed by atoms with Crippen LogP contribution >= 0.6 is 24.0 Å². The number of thioether (sulfide) groups is 1. The van der Waals surface area contributed by atoms with Gasteiger partial charge in [0.25, 0.3) is 5.91 Å². The first kappa shape index (κ1) is 13.2. The monoisotopic (exact) mass is 299 g/mol. The molecule has 0 atom stereocenters. The highest BCUT2D eigenvalue weighted by atomic mass is 32.2. The zero-order valence-corrected chi connectivity index (χ0v) is 12.3. The summed E-state index contributed by atoms with van der Waals surface area (Å²) in [5, 5.41) is 0. The number of benzene rings is 1. The number of hydrogen-bond donors (Lipinski definition) is 0. The van der Waals surface area contributed by atoms with Crippen LogP contribution in [-0.2, 0) is 4.79 Å². The molecule has 1 saturated heterocycles. The largest absolute Gasteiger partial charge is 0.473 e. The standard InChI is InChI=1S/C14H10BNO2S2/c15-12-7-6-10(18-12)8-11-13(17)16(14(19)20-11)9-4-2-1-3-5-9/h1-8H,15H2/b11-8-. The molecule has 1 amide bonds. The van der Waals surface area contributed by atoms with Crippen LogP contribution in [-0.4, -0.2) is 18.1 Å². The fourth-order valence-electron chi connectivity index (χ4n) is 1.93. The summed E-state index contributed by atoms with van der Waals surface area (Å²) in [6.45, 7) is 0. The molecule has 6 heteroatoms. The van der Waals surface area contributed by atoms with Gasteiger partial charge < -0.3 is 4.42 Å². The Labute approximate surface area is 127 Å². The van der Waals surface area contributed by atoms with E-state index in [2.05, 4.69) is 0 Å². The molecule has 1 fully saturated rings. The minimum absolute atomic E-state index is 0.111. The molecule has 0 saturated carbocycles. The Morgan fingerprint density at radius 2 is 1.95 bits per heavy atom. The van der Waals surface area contributed by atoms with Crippen molar-refractivity contribution in [2.75, 3.05) is 4.90 Å². The summed E-state index contributed by atoms with van der Waals surface area (Å²) < 4.78 is 6.00. The van der Waals surface area contributed by atoms with Crippen molar-refractivity contribution in [2.45, 2.75) is 0 Å².